The van der Waals surface area contributed by atoms with Crippen LogP contribution in [0, 0.1) is 11.3 Å². The number of nitrogens with one attached hydrogen (secondary N) is 2. The van der Waals surface area contributed by atoms with E-state index in [1.165, 1.54) is 0 Å². The van der Waals surface area contributed by atoms with Crippen molar-refractivity contribution in [3.8, 4) is 6.07 Å². The Hall–Kier alpha value is -4.44. The molecule has 3 aromatic carbocycles. The Morgan fingerprint density at radius 2 is 1.78 bits per heavy atom. The summed E-state index contributed by atoms with van der Waals surface area (Å²) < 4.78 is 1.80. The molecule has 4 aromatic rings. The van der Waals surface area contributed by atoms with E-state index in [1.54, 1.807) is 53.1 Å². The first-order valence-electron chi connectivity index (χ1n) is 10.2. The average Bonchev–Trinajstić information content (AvgIpc) is 3.18. The van der Waals surface area contributed by atoms with Gasteiger partial charge < -0.3 is 15.2 Å². The highest BCUT2D eigenvalue weighted by atomic mass is 16.2. The Kier molecular flexibility index (Phi) is 5.95. The molecule has 0 radical (unpaired) electrons. The van der Waals surface area contributed by atoms with Crippen LogP contribution in [0.1, 0.15) is 34.7 Å². The molecule has 0 saturated carbocycles. The number of amides is 2. The highest BCUT2D eigenvalue weighted by Gasteiger charge is 2.20. The number of rotatable bonds is 6. The molecule has 2 N–H and O–H groups in total. The number of hydrogen-bond acceptors (Lipinski definition) is 4. The first kappa shape index (κ1) is 20.8. The van der Waals surface area contributed by atoms with Crippen molar-refractivity contribution in [3.63, 3.8) is 0 Å². The van der Waals surface area contributed by atoms with Gasteiger partial charge in [-0.05, 0) is 49.4 Å². The molecule has 1 heterocycles. The topological polar surface area (TPSA) is 99.8 Å². The van der Waals surface area contributed by atoms with Gasteiger partial charge in [0.25, 0.3) is 5.91 Å². The summed E-state index contributed by atoms with van der Waals surface area (Å²) in [6.07, 6.45) is 0. The Morgan fingerprint density at radius 1 is 1.03 bits per heavy atom. The van der Waals surface area contributed by atoms with E-state index in [0.29, 0.717) is 22.6 Å². The third kappa shape index (κ3) is 4.50. The molecular weight excluding hydrogens is 402 g/mol. The summed E-state index contributed by atoms with van der Waals surface area (Å²) in [4.78, 5) is 30.1. The molecule has 0 aliphatic carbocycles. The molecule has 1 unspecified atom stereocenters. The van der Waals surface area contributed by atoms with Crippen LogP contribution in [0.2, 0.25) is 0 Å². The minimum absolute atomic E-state index is 0.0121. The van der Waals surface area contributed by atoms with Crippen LogP contribution < -0.4 is 10.6 Å². The van der Waals surface area contributed by atoms with E-state index in [1.807, 2.05) is 37.3 Å². The van der Waals surface area contributed by atoms with Crippen molar-refractivity contribution in [2.75, 3.05) is 5.32 Å². The maximum absolute atomic E-state index is 12.8. The van der Waals surface area contributed by atoms with Gasteiger partial charge in [-0.1, -0.05) is 36.4 Å². The lowest BCUT2D eigenvalue weighted by atomic mass is 10.2. The maximum Gasteiger partial charge on any atom is 0.251 e. The summed E-state index contributed by atoms with van der Waals surface area (Å²) in [5.41, 5.74) is 3.10. The van der Waals surface area contributed by atoms with E-state index in [4.69, 9.17) is 5.26 Å². The first-order chi connectivity index (χ1) is 15.5. The number of carbonyl (C=O) groups excluding carboxylic acids is 2. The molecule has 158 valence electrons. The van der Waals surface area contributed by atoms with Crippen LogP contribution in [0.4, 0.5) is 5.69 Å². The Bertz CT molecular complexity index is 1320. The molecule has 0 aliphatic rings. The van der Waals surface area contributed by atoms with Gasteiger partial charge in [-0.25, -0.2) is 4.98 Å². The third-order valence-electron chi connectivity index (χ3n) is 5.03. The second kappa shape index (κ2) is 9.14. The molecule has 7 nitrogen and oxygen atoms in total. The molecule has 4 rings (SSSR count). The van der Waals surface area contributed by atoms with E-state index in [9.17, 15) is 9.59 Å². The van der Waals surface area contributed by atoms with Crippen molar-refractivity contribution in [1.29, 1.82) is 5.26 Å². The van der Waals surface area contributed by atoms with Gasteiger partial charge in [-0.15, -0.1) is 0 Å². The molecule has 2 amide bonds. The highest BCUT2D eigenvalue weighted by molar-refractivity contribution is 5.94. The zero-order valence-electron chi connectivity index (χ0n) is 17.4. The zero-order chi connectivity index (χ0) is 22.5. The number of nitriles is 1. The van der Waals surface area contributed by atoms with Gasteiger partial charge in [-0.3, -0.25) is 9.59 Å². The quantitative estimate of drug-likeness (QED) is 0.489. The van der Waals surface area contributed by atoms with Gasteiger partial charge in [0.1, 0.15) is 12.4 Å². The van der Waals surface area contributed by atoms with Crippen molar-refractivity contribution in [2.45, 2.75) is 19.5 Å². The molecule has 0 aliphatic heterocycles. The van der Waals surface area contributed by atoms with Gasteiger partial charge in [0, 0.05) is 11.3 Å². The number of carbonyl (C=O) groups is 2. The number of benzene rings is 3. The van der Waals surface area contributed by atoms with E-state index >= 15 is 0 Å². The number of aromatic nitrogens is 2. The third-order valence-corrected chi connectivity index (χ3v) is 5.03. The van der Waals surface area contributed by atoms with Gasteiger partial charge in [0.05, 0.1) is 28.7 Å². The molecule has 1 atom stereocenters. The van der Waals surface area contributed by atoms with Crippen LogP contribution in [-0.4, -0.2) is 21.4 Å². The number of fused-ring (bicyclic) bond motifs is 1. The standard InChI is InChI=1S/C25H21N5O2/c1-17(27-25(32)19-9-3-2-4-10-19)24-29-21-12-5-6-13-22(21)30(24)16-23(31)28-20-11-7-8-18(14-20)15-26/h2-14,17H,16H2,1H3,(H,27,32)(H,28,31). The van der Waals surface area contributed by atoms with Crippen LogP contribution in [-0.2, 0) is 11.3 Å². The largest absolute Gasteiger partial charge is 0.342 e. The van der Waals surface area contributed by atoms with Crippen molar-refractivity contribution >= 4 is 28.5 Å². The van der Waals surface area contributed by atoms with Gasteiger partial charge in [0.2, 0.25) is 5.91 Å². The fraction of sp³-hybridized carbons (Fsp3) is 0.120. The summed E-state index contributed by atoms with van der Waals surface area (Å²) in [5, 5.41) is 14.9. The second-order valence-corrected chi connectivity index (χ2v) is 7.35. The summed E-state index contributed by atoms with van der Waals surface area (Å²) in [6.45, 7) is 1.85. The van der Waals surface area contributed by atoms with Crippen LogP contribution in [0.5, 0.6) is 0 Å². The molecular formula is C25H21N5O2. The normalized spacial score (nSPS) is 11.5. The highest BCUT2D eigenvalue weighted by Crippen LogP contribution is 2.21. The van der Waals surface area contributed by atoms with Crippen molar-refractivity contribution in [2.24, 2.45) is 0 Å². The summed E-state index contributed by atoms with van der Waals surface area (Å²) in [6, 6.07) is 24.8. The van der Waals surface area contributed by atoms with E-state index in [0.717, 1.165) is 11.0 Å². The molecule has 1 aromatic heterocycles. The Labute approximate surface area is 185 Å². The SMILES string of the molecule is CC(NC(=O)c1ccccc1)c1nc2ccccc2n1CC(=O)Nc1cccc(C#N)c1. The first-order valence-corrected chi connectivity index (χ1v) is 10.2. The van der Waals surface area contributed by atoms with E-state index in [-0.39, 0.29) is 18.4 Å². The minimum atomic E-state index is -0.426. The number of imidazole rings is 1. The minimum Gasteiger partial charge on any atom is -0.342 e. The summed E-state index contributed by atoms with van der Waals surface area (Å²) in [7, 11) is 0. The average molecular weight is 423 g/mol. The van der Waals surface area contributed by atoms with Crippen molar-refractivity contribution in [1.82, 2.24) is 14.9 Å². The van der Waals surface area contributed by atoms with Gasteiger partial charge in [-0.2, -0.15) is 5.26 Å². The van der Waals surface area contributed by atoms with E-state index < -0.39 is 6.04 Å². The summed E-state index contributed by atoms with van der Waals surface area (Å²) in [5.74, 6) is 0.108. The smallest absolute Gasteiger partial charge is 0.251 e. The lowest BCUT2D eigenvalue weighted by molar-refractivity contribution is -0.116. The lowest BCUT2D eigenvalue weighted by Gasteiger charge is -2.16. The molecule has 7 heteroatoms. The lowest BCUT2D eigenvalue weighted by Crippen LogP contribution is -2.30. The fourth-order valence-electron chi connectivity index (χ4n) is 3.54. The predicted octanol–water partition coefficient (Wildman–Crippen LogP) is 4.04. The molecule has 0 fully saturated rings. The number of para-hydroxylation sites is 2. The van der Waals surface area contributed by atoms with Crippen LogP contribution in [0.3, 0.4) is 0 Å². The van der Waals surface area contributed by atoms with Crippen LogP contribution >= 0.6 is 0 Å². The molecule has 0 spiro atoms. The van der Waals surface area contributed by atoms with Crippen LogP contribution in [0.15, 0.2) is 78.9 Å². The van der Waals surface area contributed by atoms with Crippen LogP contribution in [0.25, 0.3) is 11.0 Å². The summed E-state index contributed by atoms with van der Waals surface area (Å²) >= 11 is 0. The van der Waals surface area contributed by atoms with E-state index in [2.05, 4.69) is 21.7 Å². The Balaban J connectivity index is 1.59. The number of nitrogens with zero attached hydrogens (tertiary/aromatic N) is 3. The monoisotopic (exact) mass is 423 g/mol. The maximum atomic E-state index is 12.8. The zero-order valence-corrected chi connectivity index (χ0v) is 17.4. The number of hydrogen-bond donors (Lipinski definition) is 2. The van der Waals surface area contributed by atoms with Crippen molar-refractivity contribution < 1.29 is 9.59 Å². The molecule has 0 saturated heterocycles. The van der Waals surface area contributed by atoms with Gasteiger partial charge in [0.15, 0.2) is 0 Å². The number of anilines is 1. The Morgan fingerprint density at radius 3 is 2.56 bits per heavy atom. The fourth-order valence-corrected chi connectivity index (χ4v) is 3.54. The predicted molar refractivity (Wildman–Crippen MR) is 122 cm³/mol. The molecule has 0 bridgehead atoms. The second-order valence-electron chi connectivity index (χ2n) is 7.35. The molecule has 32 heavy (non-hydrogen) atoms. The van der Waals surface area contributed by atoms with Gasteiger partial charge >= 0.3 is 0 Å². The van der Waals surface area contributed by atoms with Crippen molar-refractivity contribution in [3.05, 3.63) is 95.8 Å².